The molecule has 0 N–H and O–H groups in total. The Labute approximate surface area is 164 Å². The number of rotatable bonds is 9. The predicted octanol–water partition coefficient (Wildman–Crippen LogP) is 5.70. The maximum atomic E-state index is 5.81. The molecule has 1 heterocycles. The molecule has 3 rings (SSSR count). The Bertz CT molecular complexity index is 674. The Morgan fingerprint density at radius 1 is 1.00 bits per heavy atom. The second kappa shape index (κ2) is 10.3. The van der Waals surface area contributed by atoms with E-state index in [-0.39, 0.29) is 0 Å². The molecule has 1 saturated heterocycles. The molecule has 0 radical (unpaired) electrons. The number of hydrogen-bond acceptors (Lipinski definition) is 2. The molecule has 0 aromatic heterocycles. The highest BCUT2D eigenvalue weighted by molar-refractivity contribution is 5.17. The van der Waals surface area contributed by atoms with E-state index in [2.05, 4.69) is 72.1 Å². The van der Waals surface area contributed by atoms with Crippen LogP contribution in [0.15, 0.2) is 73.0 Å². The van der Waals surface area contributed by atoms with Crippen molar-refractivity contribution in [2.24, 2.45) is 11.8 Å². The van der Waals surface area contributed by atoms with E-state index in [0.29, 0.717) is 12.5 Å². The van der Waals surface area contributed by atoms with Gasteiger partial charge < -0.3 is 4.74 Å². The highest BCUT2D eigenvalue weighted by atomic mass is 16.5. The molecule has 2 nitrogen and oxygen atoms in total. The second-order valence-corrected chi connectivity index (χ2v) is 7.73. The van der Waals surface area contributed by atoms with Crippen LogP contribution >= 0.6 is 0 Å². The fraction of sp³-hybridized carbons (Fsp3) is 0.440. The van der Waals surface area contributed by atoms with Gasteiger partial charge in [-0.3, -0.25) is 4.90 Å². The molecule has 0 spiro atoms. The zero-order valence-electron chi connectivity index (χ0n) is 16.6. The van der Waals surface area contributed by atoms with Crippen molar-refractivity contribution in [2.75, 3.05) is 19.7 Å². The van der Waals surface area contributed by atoms with Gasteiger partial charge in [0.25, 0.3) is 0 Å². The number of nitrogens with zero attached hydrogens (tertiary/aromatic N) is 1. The predicted molar refractivity (Wildman–Crippen MR) is 113 cm³/mol. The van der Waals surface area contributed by atoms with Gasteiger partial charge in [0, 0.05) is 12.5 Å². The normalized spacial score (nSPS) is 16.8. The molecule has 2 aromatic carbocycles. The van der Waals surface area contributed by atoms with E-state index in [1.807, 2.05) is 6.92 Å². The van der Waals surface area contributed by atoms with Gasteiger partial charge in [-0.2, -0.15) is 0 Å². The monoisotopic (exact) mass is 363 g/mol. The van der Waals surface area contributed by atoms with Gasteiger partial charge in [0.15, 0.2) is 0 Å². The van der Waals surface area contributed by atoms with Crippen molar-refractivity contribution in [1.82, 2.24) is 4.90 Å². The van der Waals surface area contributed by atoms with Crippen LogP contribution in [-0.4, -0.2) is 24.6 Å². The first kappa shape index (κ1) is 19.7. The Balaban J connectivity index is 1.52. The highest BCUT2D eigenvalue weighted by Crippen LogP contribution is 2.30. The standard InChI is InChI=1S/C25H33NO/c1-3-27-21(2)25(18-22-10-6-4-7-11-22)19-23-14-16-26(17-15-23)20-24-12-8-5-9-13-24/h4-13,23,25H,2-3,14-20H2,1H3. The summed E-state index contributed by atoms with van der Waals surface area (Å²) in [6.07, 6.45) is 4.77. The average molecular weight is 364 g/mol. The lowest BCUT2D eigenvalue weighted by molar-refractivity contribution is 0.141. The lowest BCUT2D eigenvalue weighted by Gasteiger charge is -2.34. The summed E-state index contributed by atoms with van der Waals surface area (Å²) < 4.78 is 5.81. The molecule has 0 amide bonds. The molecule has 0 bridgehead atoms. The lowest BCUT2D eigenvalue weighted by atomic mass is 9.83. The zero-order chi connectivity index (χ0) is 18.9. The molecule has 0 aliphatic carbocycles. The average Bonchev–Trinajstić information content (AvgIpc) is 2.71. The van der Waals surface area contributed by atoms with Crippen LogP contribution < -0.4 is 0 Å². The molecule has 2 aromatic rings. The summed E-state index contributed by atoms with van der Waals surface area (Å²) in [4.78, 5) is 2.59. The summed E-state index contributed by atoms with van der Waals surface area (Å²) in [7, 11) is 0. The molecule has 1 unspecified atom stereocenters. The Kier molecular flexibility index (Phi) is 7.53. The van der Waals surface area contributed by atoms with Gasteiger partial charge >= 0.3 is 0 Å². The summed E-state index contributed by atoms with van der Waals surface area (Å²) in [5.74, 6) is 2.15. The van der Waals surface area contributed by atoms with E-state index in [4.69, 9.17) is 4.74 Å². The molecule has 1 aliphatic rings. The van der Waals surface area contributed by atoms with Gasteiger partial charge in [0.05, 0.1) is 12.4 Å². The molecule has 1 atom stereocenters. The van der Waals surface area contributed by atoms with Gasteiger partial charge in [-0.05, 0) is 62.7 Å². The molecule has 144 valence electrons. The van der Waals surface area contributed by atoms with Crippen molar-refractivity contribution in [1.29, 1.82) is 0 Å². The van der Waals surface area contributed by atoms with E-state index in [9.17, 15) is 0 Å². The van der Waals surface area contributed by atoms with E-state index in [0.717, 1.165) is 24.6 Å². The van der Waals surface area contributed by atoms with Crippen LogP contribution in [0.25, 0.3) is 0 Å². The Morgan fingerprint density at radius 3 is 2.19 bits per heavy atom. The number of ether oxygens (including phenoxy) is 1. The number of allylic oxidation sites excluding steroid dienone is 1. The Morgan fingerprint density at radius 2 is 1.59 bits per heavy atom. The van der Waals surface area contributed by atoms with Crippen molar-refractivity contribution < 1.29 is 4.74 Å². The first-order chi connectivity index (χ1) is 13.2. The van der Waals surface area contributed by atoms with Crippen molar-refractivity contribution in [2.45, 2.75) is 39.2 Å². The van der Waals surface area contributed by atoms with Crippen molar-refractivity contribution >= 4 is 0 Å². The molecular formula is C25H33NO. The van der Waals surface area contributed by atoms with Crippen LogP contribution in [0.2, 0.25) is 0 Å². The summed E-state index contributed by atoms with van der Waals surface area (Å²) >= 11 is 0. The van der Waals surface area contributed by atoms with Crippen LogP contribution in [0.3, 0.4) is 0 Å². The highest BCUT2D eigenvalue weighted by Gasteiger charge is 2.24. The van der Waals surface area contributed by atoms with Crippen LogP contribution in [-0.2, 0) is 17.7 Å². The summed E-state index contributed by atoms with van der Waals surface area (Å²) in [6.45, 7) is 10.5. The third-order valence-electron chi connectivity index (χ3n) is 5.68. The summed E-state index contributed by atoms with van der Waals surface area (Å²) in [5.41, 5.74) is 2.80. The van der Waals surface area contributed by atoms with Crippen LogP contribution in [0.5, 0.6) is 0 Å². The molecule has 1 aliphatic heterocycles. The summed E-state index contributed by atoms with van der Waals surface area (Å²) in [6, 6.07) is 21.6. The number of likely N-dealkylation sites (tertiary alicyclic amines) is 1. The maximum absolute atomic E-state index is 5.81. The van der Waals surface area contributed by atoms with E-state index in [1.54, 1.807) is 0 Å². The minimum absolute atomic E-state index is 0.415. The SMILES string of the molecule is C=C(OCC)C(Cc1ccccc1)CC1CCN(Cc2ccccc2)CC1. The van der Waals surface area contributed by atoms with Gasteiger partial charge in [0.1, 0.15) is 0 Å². The molecule has 1 fully saturated rings. The van der Waals surface area contributed by atoms with Crippen LogP contribution in [0.1, 0.15) is 37.3 Å². The zero-order valence-corrected chi connectivity index (χ0v) is 16.6. The fourth-order valence-electron chi connectivity index (χ4n) is 4.15. The van der Waals surface area contributed by atoms with E-state index in [1.165, 1.54) is 43.5 Å². The maximum Gasteiger partial charge on any atom is 0.0922 e. The second-order valence-electron chi connectivity index (χ2n) is 7.73. The first-order valence-electron chi connectivity index (χ1n) is 10.4. The van der Waals surface area contributed by atoms with Crippen LogP contribution in [0.4, 0.5) is 0 Å². The van der Waals surface area contributed by atoms with Gasteiger partial charge in [0.2, 0.25) is 0 Å². The number of hydrogen-bond donors (Lipinski definition) is 0. The smallest absolute Gasteiger partial charge is 0.0922 e. The van der Waals surface area contributed by atoms with E-state index >= 15 is 0 Å². The quantitative estimate of drug-likeness (QED) is 0.530. The molecule has 27 heavy (non-hydrogen) atoms. The van der Waals surface area contributed by atoms with Crippen molar-refractivity contribution in [3.8, 4) is 0 Å². The minimum Gasteiger partial charge on any atom is -0.499 e. The van der Waals surface area contributed by atoms with Crippen LogP contribution in [0, 0.1) is 11.8 Å². The van der Waals surface area contributed by atoms with Crippen molar-refractivity contribution in [3.63, 3.8) is 0 Å². The molecular weight excluding hydrogens is 330 g/mol. The van der Waals surface area contributed by atoms with E-state index < -0.39 is 0 Å². The molecule has 2 heteroatoms. The fourth-order valence-corrected chi connectivity index (χ4v) is 4.15. The van der Waals surface area contributed by atoms with Gasteiger partial charge in [-0.15, -0.1) is 0 Å². The topological polar surface area (TPSA) is 12.5 Å². The summed E-state index contributed by atoms with van der Waals surface area (Å²) in [5, 5.41) is 0. The van der Waals surface area contributed by atoms with Gasteiger partial charge in [-0.25, -0.2) is 0 Å². The number of benzene rings is 2. The third-order valence-corrected chi connectivity index (χ3v) is 5.68. The van der Waals surface area contributed by atoms with Crippen molar-refractivity contribution in [3.05, 3.63) is 84.1 Å². The lowest BCUT2D eigenvalue weighted by Crippen LogP contribution is -2.34. The van der Waals surface area contributed by atoms with Gasteiger partial charge in [-0.1, -0.05) is 67.2 Å². The minimum atomic E-state index is 0.415. The molecule has 0 saturated carbocycles. The number of piperidine rings is 1. The third kappa shape index (κ3) is 6.25. The first-order valence-corrected chi connectivity index (χ1v) is 10.4. The largest absolute Gasteiger partial charge is 0.499 e. The Hall–Kier alpha value is -2.06.